The molecule has 0 aliphatic rings. The van der Waals surface area contributed by atoms with E-state index >= 15 is 0 Å². The highest BCUT2D eigenvalue weighted by Crippen LogP contribution is 2.18. The van der Waals surface area contributed by atoms with Crippen molar-refractivity contribution in [2.24, 2.45) is 0 Å². The number of benzene rings is 3. The van der Waals surface area contributed by atoms with E-state index in [4.69, 9.17) is 4.74 Å². The molecule has 1 amide bonds. The highest BCUT2D eigenvalue weighted by atomic mass is 16.5. The zero-order chi connectivity index (χ0) is 20.8. The van der Waals surface area contributed by atoms with E-state index in [0.717, 1.165) is 0 Å². The van der Waals surface area contributed by atoms with E-state index in [1.165, 1.54) is 6.92 Å². The Hall–Kier alpha value is -3.73. The number of ketones is 2. The smallest absolute Gasteiger partial charge is 0.265 e. The van der Waals surface area contributed by atoms with Crippen LogP contribution in [0.4, 0.5) is 5.69 Å². The molecule has 0 saturated heterocycles. The molecule has 1 N–H and O–H groups in total. The predicted octanol–water partition coefficient (Wildman–Crippen LogP) is 4.53. The van der Waals surface area contributed by atoms with Gasteiger partial charge in [-0.2, -0.15) is 0 Å². The number of carbonyl (C=O) groups excluding carboxylic acids is 3. The molecular weight excluding hydrogens is 366 g/mol. The molecule has 0 spiro atoms. The molecular formula is C24H21NO4. The Morgan fingerprint density at radius 2 is 1.41 bits per heavy atom. The monoisotopic (exact) mass is 387 g/mol. The van der Waals surface area contributed by atoms with Crippen molar-refractivity contribution >= 4 is 23.2 Å². The number of ether oxygens (including phenoxy) is 1. The second kappa shape index (κ2) is 8.97. The van der Waals surface area contributed by atoms with Gasteiger partial charge in [-0.25, -0.2) is 0 Å². The predicted molar refractivity (Wildman–Crippen MR) is 111 cm³/mol. The standard InChI is InChI=1S/C24H21NO4/c1-16(26)20-9-6-10-21(15-20)25-24(28)17(2)29-22-13-11-19(12-14-22)23(27)18-7-4-3-5-8-18/h3-15,17H,1-2H3,(H,25,28). The first kappa shape index (κ1) is 20.0. The molecule has 0 aliphatic carbocycles. The second-order valence-electron chi connectivity index (χ2n) is 6.61. The Kier molecular flexibility index (Phi) is 6.19. The molecule has 0 bridgehead atoms. The van der Waals surface area contributed by atoms with Crippen molar-refractivity contribution < 1.29 is 19.1 Å². The van der Waals surface area contributed by atoms with Crippen LogP contribution in [0.25, 0.3) is 0 Å². The summed E-state index contributed by atoms with van der Waals surface area (Å²) in [4.78, 5) is 36.3. The fourth-order valence-corrected chi connectivity index (χ4v) is 2.76. The van der Waals surface area contributed by atoms with Gasteiger partial charge in [-0.05, 0) is 50.2 Å². The maximum atomic E-state index is 12.4. The van der Waals surface area contributed by atoms with Gasteiger partial charge in [0.05, 0.1) is 0 Å². The van der Waals surface area contributed by atoms with Crippen molar-refractivity contribution in [2.75, 3.05) is 5.32 Å². The summed E-state index contributed by atoms with van der Waals surface area (Å²) in [5.74, 6) is -0.00581. The van der Waals surface area contributed by atoms with Gasteiger partial charge in [-0.3, -0.25) is 14.4 Å². The third-order valence-electron chi connectivity index (χ3n) is 4.37. The summed E-state index contributed by atoms with van der Waals surface area (Å²) in [5.41, 5.74) is 2.21. The molecule has 5 heteroatoms. The van der Waals surface area contributed by atoms with E-state index < -0.39 is 6.10 Å². The average Bonchev–Trinajstić information content (AvgIpc) is 2.74. The van der Waals surface area contributed by atoms with E-state index in [9.17, 15) is 14.4 Å². The van der Waals surface area contributed by atoms with Crippen LogP contribution in [0.5, 0.6) is 5.75 Å². The van der Waals surface area contributed by atoms with Gasteiger partial charge in [0, 0.05) is 22.4 Å². The van der Waals surface area contributed by atoms with Crippen LogP contribution in [-0.2, 0) is 4.79 Å². The number of anilines is 1. The van der Waals surface area contributed by atoms with Crippen LogP contribution < -0.4 is 10.1 Å². The molecule has 29 heavy (non-hydrogen) atoms. The molecule has 1 atom stereocenters. The van der Waals surface area contributed by atoms with Gasteiger partial charge in [-0.15, -0.1) is 0 Å². The van der Waals surface area contributed by atoms with Crippen molar-refractivity contribution in [3.8, 4) is 5.75 Å². The first-order valence-electron chi connectivity index (χ1n) is 9.22. The number of nitrogens with one attached hydrogen (secondary N) is 1. The van der Waals surface area contributed by atoms with Gasteiger partial charge in [0.25, 0.3) is 5.91 Å². The first-order chi connectivity index (χ1) is 13.9. The van der Waals surface area contributed by atoms with Gasteiger partial charge in [-0.1, -0.05) is 42.5 Å². The minimum absolute atomic E-state index is 0.0736. The average molecular weight is 387 g/mol. The molecule has 0 radical (unpaired) electrons. The lowest BCUT2D eigenvalue weighted by Gasteiger charge is -2.15. The third-order valence-corrected chi connectivity index (χ3v) is 4.37. The summed E-state index contributed by atoms with van der Waals surface area (Å²) in [6, 6.07) is 22.4. The van der Waals surface area contributed by atoms with E-state index in [-0.39, 0.29) is 17.5 Å². The Balaban J connectivity index is 1.62. The second-order valence-corrected chi connectivity index (χ2v) is 6.61. The molecule has 0 heterocycles. The topological polar surface area (TPSA) is 72.5 Å². The number of amides is 1. The molecule has 1 unspecified atom stereocenters. The number of carbonyl (C=O) groups is 3. The summed E-state index contributed by atoms with van der Waals surface area (Å²) in [5, 5.41) is 2.74. The molecule has 146 valence electrons. The number of hydrogen-bond acceptors (Lipinski definition) is 4. The quantitative estimate of drug-likeness (QED) is 0.605. The van der Waals surface area contributed by atoms with Crippen molar-refractivity contribution in [1.29, 1.82) is 0 Å². The molecule has 0 aromatic heterocycles. The molecule has 3 aromatic rings. The number of rotatable bonds is 7. The molecule has 0 aliphatic heterocycles. The Morgan fingerprint density at radius 1 is 0.793 bits per heavy atom. The molecule has 3 aromatic carbocycles. The molecule has 0 fully saturated rings. The largest absolute Gasteiger partial charge is 0.481 e. The van der Waals surface area contributed by atoms with E-state index in [2.05, 4.69) is 5.32 Å². The summed E-state index contributed by atoms with van der Waals surface area (Å²) in [6.45, 7) is 3.10. The van der Waals surface area contributed by atoms with Gasteiger partial charge in [0.15, 0.2) is 17.7 Å². The Bertz CT molecular complexity index is 1030. The van der Waals surface area contributed by atoms with Gasteiger partial charge >= 0.3 is 0 Å². The highest BCUT2D eigenvalue weighted by Gasteiger charge is 2.16. The van der Waals surface area contributed by atoms with E-state index in [1.807, 2.05) is 18.2 Å². The van der Waals surface area contributed by atoms with Gasteiger partial charge in [0.1, 0.15) is 5.75 Å². The summed E-state index contributed by atoms with van der Waals surface area (Å²) in [7, 11) is 0. The first-order valence-corrected chi connectivity index (χ1v) is 9.22. The lowest BCUT2D eigenvalue weighted by molar-refractivity contribution is -0.122. The SMILES string of the molecule is CC(=O)c1cccc(NC(=O)C(C)Oc2ccc(C(=O)c3ccccc3)cc2)c1. The van der Waals surface area contributed by atoms with Crippen molar-refractivity contribution in [3.05, 3.63) is 95.6 Å². The molecule has 3 rings (SSSR count). The van der Waals surface area contributed by atoms with Crippen LogP contribution in [0.3, 0.4) is 0 Å². The lowest BCUT2D eigenvalue weighted by Crippen LogP contribution is -2.30. The van der Waals surface area contributed by atoms with E-state index in [1.54, 1.807) is 67.6 Å². The minimum Gasteiger partial charge on any atom is -0.481 e. The van der Waals surface area contributed by atoms with Gasteiger partial charge < -0.3 is 10.1 Å². The zero-order valence-electron chi connectivity index (χ0n) is 16.2. The van der Waals surface area contributed by atoms with Crippen molar-refractivity contribution in [3.63, 3.8) is 0 Å². The fraction of sp³-hybridized carbons (Fsp3) is 0.125. The summed E-state index contributed by atoms with van der Waals surface area (Å²) < 4.78 is 5.68. The van der Waals surface area contributed by atoms with Crippen LogP contribution in [0.15, 0.2) is 78.9 Å². The fourth-order valence-electron chi connectivity index (χ4n) is 2.76. The van der Waals surface area contributed by atoms with Crippen LogP contribution in [-0.4, -0.2) is 23.6 Å². The van der Waals surface area contributed by atoms with Crippen LogP contribution in [0.2, 0.25) is 0 Å². The summed E-state index contributed by atoms with van der Waals surface area (Å²) >= 11 is 0. The van der Waals surface area contributed by atoms with Crippen LogP contribution in [0, 0.1) is 0 Å². The zero-order valence-corrected chi connectivity index (χ0v) is 16.2. The van der Waals surface area contributed by atoms with Crippen LogP contribution >= 0.6 is 0 Å². The van der Waals surface area contributed by atoms with Gasteiger partial charge in [0.2, 0.25) is 0 Å². The third kappa shape index (κ3) is 5.17. The maximum absolute atomic E-state index is 12.4. The number of Topliss-reactive ketones (excluding diaryl/α,β-unsaturated/α-hetero) is 1. The molecule has 5 nitrogen and oxygen atoms in total. The Labute approximate surface area is 169 Å². The maximum Gasteiger partial charge on any atom is 0.265 e. The van der Waals surface area contributed by atoms with E-state index in [0.29, 0.717) is 28.1 Å². The van der Waals surface area contributed by atoms with Crippen LogP contribution in [0.1, 0.15) is 40.1 Å². The van der Waals surface area contributed by atoms with Crippen molar-refractivity contribution in [1.82, 2.24) is 0 Å². The molecule has 0 saturated carbocycles. The normalized spacial score (nSPS) is 11.4. The minimum atomic E-state index is -0.758. The van der Waals surface area contributed by atoms with Crippen molar-refractivity contribution in [2.45, 2.75) is 20.0 Å². The highest BCUT2D eigenvalue weighted by molar-refractivity contribution is 6.09. The number of hydrogen-bond donors (Lipinski definition) is 1. The Morgan fingerprint density at radius 3 is 2.07 bits per heavy atom. The lowest BCUT2D eigenvalue weighted by atomic mass is 10.0. The summed E-state index contributed by atoms with van der Waals surface area (Å²) in [6.07, 6.45) is -0.758.